The van der Waals surface area contributed by atoms with Crippen LogP contribution in [-0.4, -0.2) is 11.7 Å². The fourth-order valence-corrected chi connectivity index (χ4v) is 1.78. The molecular weight excluding hydrogens is 275 g/mol. The Balaban J connectivity index is 3.09. The molecule has 0 heterocycles. The normalized spacial score (nSPS) is 14.0. The van der Waals surface area contributed by atoms with Gasteiger partial charge in [0.25, 0.3) is 0 Å². The van der Waals surface area contributed by atoms with Crippen molar-refractivity contribution in [3.05, 3.63) is 33.8 Å². The van der Waals surface area contributed by atoms with Gasteiger partial charge in [0.05, 0.1) is 18.2 Å². The third-order valence-corrected chi connectivity index (χ3v) is 2.61. The van der Waals surface area contributed by atoms with Crippen molar-refractivity contribution < 1.29 is 18.3 Å². The molecule has 0 unspecified atom stereocenters. The second-order valence-electron chi connectivity index (χ2n) is 3.02. The molecule has 0 aromatic heterocycles. The first-order valence-electron chi connectivity index (χ1n) is 4.09. The van der Waals surface area contributed by atoms with Gasteiger partial charge < -0.3 is 10.8 Å². The lowest BCUT2D eigenvalue weighted by Crippen LogP contribution is -2.15. The molecule has 1 rings (SSSR count). The lowest BCUT2D eigenvalue weighted by Gasteiger charge is -2.13. The number of halogens is 4. The lowest BCUT2D eigenvalue weighted by atomic mass is 10.1. The highest BCUT2D eigenvalue weighted by Gasteiger charge is 2.31. The average Bonchev–Trinajstić information content (AvgIpc) is 2.15. The Labute approximate surface area is 93.0 Å². The molecule has 0 aliphatic carbocycles. The molecular formula is C9H9BrF3NO. The molecule has 6 heteroatoms. The van der Waals surface area contributed by atoms with Crippen molar-refractivity contribution in [3.8, 4) is 0 Å². The highest BCUT2D eigenvalue weighted by molar-refractivity contribution is 9.10. The van der Waals surface area contributed by atoms with Crippen molar-refractivity contribution in [2.75, 3.05) is 6.61 Å². The van der Waals surface area contributed by atoms with Crippen LogP contribution in [0.4, 0.5) is 13.2 Å². The van der Waals surface area contributed by atoms with Crippen LogP contribution < -0.4 is 5.73 Å². The Morgan fingerprint density at radius 2 is 2.00 bits per heavy atom. The first-order chi connectivity index (χ1) is 6.86. The molecule has 0 aliphatic rings. The van der Waals surface area contributed by atoms with Crippen LogP contribution in [0.25, 0.3) is 0 Å². The van der Waals surface area contributed by atoms with E-state index in [1.165, 1.54) is 6.07 Å². The second kappa shape index (κ2) is 4.51. The summed E-state index contributed by atoms with van der Waals surface area (Å²) < 4.78 is 37.1. The van der Waals surface area contributed by atoms with Crippen LogP contribution in [0.3, 0.4) is 0 Å². The van der Waals surface area contributed by atoms with Crippen molar-refractivity contribution in [2.45, 2.75) is 12.2 Å². The van der Waals surface area contributed by atoms with Crippen molar-refractivity contribution in [1.29, 1.82) is 0 Å². The van der Waals surface area contributed by atoms with Crippen LogP contribution in [0.1, 0.15) is 17.2 Å². The van der Waals surface area contributed by atoms with Gasteiger partial charge in [0.1, 0.15) is 0 Å². The predicted octanol–water partition coefficient (Wildman–Crippen LogP) is 2.46. The molecule has 0 saturated carbocycles. The number of rotatable bonds is 2. The third kappa shape index (κ3) is 2.93. The Morgan fingerprint density at radius 1 is 1.40 bits per heavy atom. The molecule has 0 fully saturated rings. The Kier molecular flexibility index (Phi) is 3.75. The zero-order valence-electron chi connectivity index (χ0n) is 7.55. The molecule has 0 saturated heterocycles. The van der Waals surface area contributed by atoms with E-state index >= 15 is 0 Å². The molecule has 0 radical (unpaired) electrons. The summed E-state index contributed by atoms with van der Waals surface area (Å²) in [6.45, 7) is -0.316. The van der Waals surface area contributed by atoms with Gasteiger partial charge >= 0.3 is 6.18 Å². The molecule has 1 atom stereocenters. The predicted molar refractivity (Wildman–Crippen MR) is 53.2 cm³/mol. The van der Waals surface area contributed by atoms with Gasteiger partial charge in [-0.1, -0.05) is 22.0 Å². The number of nitrogens with two attached hydrogens (primary N) is 1. The molecule has 0 aliphatic heterocycles. The maximum atomic E-state index is 12.3. The molecule has 0 amide bonds. The minimum atomic E-state index is -4.37. The van der Waals surface area contributed by atoms with E-state index in [2.05, 4.69) is 15.9 Å². The van der Waals surface area contributed by atoms with E-state index in [9.17, 15) is 13.2 Å². The fraction of sp³-hybridized carbons (Fsp3) is 0.333. The zero-order chi connectivity index (χ0) is 11.6. The van der Waals surface area contributed by atoms with Gasteiger partial charge in [0, 0.05) is 4.47 Å². The maximum absolute atomic E-state index is 12.3. The minimum absolute atomic E-state index is 0.249. The summed E-state index contributed by atoms with van der Waals surface area (Å²) in [5.74, 6) is 0. The van der Waals surface area contributed by atoms with Gasteiger partial charge in [-0.2, -0.15) is 13.2 Å². The van der Waals surface area contributed by atoms with Gasteiger partial charge in [-0.05, 0) is 17.7 Å². The van der Waals surface area contributed by atoms with E-state index in [0.717, 1.165) is 12.1 Å². The van der Waals surface area contributed by atoms with E-state index in [4.69, 9.17) is 10.8 Å². The Morgan fingerprint density at radius 3 is 2.40 bits per heavy atom. The van der Waals surface area contributed by atoms with Gasteiger partial charge in [0.15, 0.2) is 0 Å². The summed E-state index contributed by atoms with van der Waals surface area (Å²) in [6, 6.07) is 2.47. The number of aliphatic hydroxyl groups is 1. The average molecular weight is 284 g/mol. The van der Waals surface area contributed by atoms with Crippen LogP contribution in [0.5, 0.6) is 0 Å². The van der Waals surface area contributed by atoms with Crippen LogP contribution >= 0.6 is 15.9 Å². The van der Waals surface area contributed by atoms with Gasteiger partial charge in [-0.15, -0.1) is 0 Å². The monoisotopic (exact) mass is 283 g/mol. The van der Waals surface area contributed by atoms with Gasteiger partial charge in [-0.3, -0.25) is 0 Å². The SMILES string of the molecule is N[C@H](CO)c1ccc(C(F)(F)F)cc1Br. The Hall–Kier alpha value is -0.590. The van der Waals surface area contributed by atoms with Crippen molar-refractivity contribution in [1.82, 2.24) is 0 Å². The highest BCUT2D eigenvalue weighted by Crippen LogP contribution is 2.33. The van der Waals surface area contributed by atoms with E-state index in [1.807, 2.05) is 0 Å². The van der Waals surface area contributed by atoms with Gasteiger partial charge in [0.2, 0.25) is 0 Å². The van der Waals surface area contributed by atoms with E-state index in [1.54, 1.807) is 0 Å². The standard InChI is InChI=1S/C9H9BrF3NO/c10-7-3-5(9(11,12)13)1-2-6(7)8(14)4-15/h1-3,8,15H,4,14H2/t8-/m1/s1. The summed E-state index contributed by atoms with van der Waals surface area (Å²) in [5, 5.41) is 8.77. The third-order valence-electron chi connectivity index (χ3n) is 1.92. The number of hydrogen-bond acceptors (Lipinski definition) is 2. The first kappa shape index (κ1) is 12.5. The van der Waals surface area contributed by atoms with E-state index in [-0.39, 0.29) is 11.1 Å². The molecule has 1 aromatic rings. The lowest BCUT2D eigenvalue weighted by molar-refractivity contribution is -0.137. The molecule has 0 bridgehead atoms. The topological polar surface area (TPSA) is 46.2 Å². The summed E-state index contributed by atoms with van der Waals surface area (Å²) in [4.78, 5) is 0. The number of aliphatic hydroxyl groups excluding tert-OH is 1. The zero-order valence-corrected chi connectivity index (χ0v) is 9.14. The molecule has 15 heavy (non-hydrogen) atoms. The smallest absolute Gasteiger partial charge is 0.394 e. The van der Waals surface area contributed by atoms with Crippen LogP contribution in [0.2, 0.25) is 0 Å². The number of alkyl halides is 3. The second-order valence-corrected chi connectivity index (χ2v) is 3.88. The molecule has 1 aromatic carbocycles. The maximum Gasteiger partial charge on any atom is 0.416 e. The molecule has 84 valence electrons. The van der Waals surface area contributed by atoms with E-state index in [0.29, 0.717) is 5.56 Å². The summed E-state index contributed by atoms with van der Waals surface area (Å²) in [6.07, 6.45) is -4.37. The van der Waals surface area contributed by atoms with Crippen LogP contribution in [0, 0.1) is 0 Å². The number of benzene rings is 1. The van der Waals surface area contributed by atoms with Crippen molar-refractivity contribution in [2.24, 2.45) is 5.73 Å². The van der Waals surface area contributed by atoms with Gasteiger partial charge in [-0.25, -0.2) is 0 Å². The minimum Gasteiger partial charge on any atom is -0.394 e. The fourth-order valence-electron chi connectivity index (χ4n) is 1.10. The summed E-state index contributed by atoms with van der Waals surface area (Å²) >= 11 is 2.99. The first-order valence-corrected chi connectivity index (χ1v) is 4.88. The largest absolute Gasteiger partial charge is 0.416 e. The molecule has 0 spiro atoms. The quantitative estimate of drug-likeness (QED) is 0.876. The summed E-state index contributed by atoms with van der Waals surface area (Å²) in [5.41, 5.74) is 5.20. The highest BCUT2D eigenvalue weighted by atomic mass is 79.9. The Bertz CT molecular complexity index is 354. The van der Waals surface area contributed by atoms with Crippen molar-refractivity contribution in [3.63, 3.8) is 0 Å². The van der Waals surface area contributed by atoms with Crippen LogP contribution in [0.15, 0.2) is 22.7 Å². The number of hydrogen-bond donors (Lipinski definition) is 2. The molecule has 3 N–H and O–H groups in total. The van der Waals surface area contributed by atoms with Crippen molar-refractivity contribution >= 4 is 15.9 Å². The summed E-state index contributed by atoms with van der Waals surface area (Å²) in [7, 11) is 0. The van der Waals surface area contributed by atoms with Crippen LogP contribution in [-0.2, 0) is 6.18 Å². The molecule has 2 nitrogen and oxygen atoms in total. The van der Waals surface area contributed by atoms with E-state index < -0.39 is 17.8 Å².